The van der Waals surface area contributed by atoms with Crippen molar-refractivity contribution in [2.45, 2.75) is 6.61 Å². The molecule has 0 saturated heterocycles. The van der Waals surface area contributed by atoms with E-state index in [1.54, 1.807) is 18.2 Å². The van der Waals surface area contributed by atoms with Crippen molar-refractivity contribution in [2.24, 2.45) is 0 Å². The van der Waals surface area contributed by atoms with Gasteiger partial charge < -0.3 is 10.1 Å². The van der Waals surface area contributed by atoms with Crippen molar-refractivity contribution in [3.63, 3.8) is 0 Å². The van der Waals surface area contributed by atoms with Crippen molar-refractivity contribution in [1.82, 2.24) is 5.32 Å². The van der Waals surface area contributed by atoms with Crippen molar-refractivity contribution < 1.29 is 9.53 Å². The van der Waals surface area contributed by atoms with Crippen LogP contribution in [0.1, 0.15) is 16.7 Å². The monoisotopic (exact) mass is 324 g/mol. The fourth-order valence-electron chi connectivity index (χ4n) is 1.75. The zero-order valence-electron chi connectivity index (χ0n) is 12.2. The van der Waals surface area contributed by atoms with Crippen LogP contribution in [0, 0.1) is 23.2 Å². The molecule has 1 amide bonds. The van der Waals surface area contributed by atoms with Gasteiger partial charge in [0.05, 0.1) is 12.1 Å². The van der Waals surface area contributed by atoms with Crippen molar-refractivity contribution >= 4 is 17.7 Å². The number of carbonyl (C=O) groups excluding carboxylic acids is 1. The Hall–Kier alpha value is -2.95. The van der Waals surface area contributed by atoms with E-state index in [9.17, 15) is 4.79 Å². The maximum Gasteiger partial charge on any atom is 0.408 e. The topological polar surface area (TPSA) is 62.1 Å². The zero-order chi connectivity index (χ0) is 16.5. The second-order valence-electron chi connectivity index (χ2n) is 4.52. The highest BCUT2D eigenvalue weighted by atomic mass is 35.5. The summed E-state index contributed by atoms with van der Waals surface area (Å²) >= 11 is 5.87. The second-order valence-corrected chi connectivity index (χ2v) is 4.96. The Bertz CT molecular complexity index is 786. The molecule has 2 rings (SSSR count). The van der Waals surface area contributed by atoms with E-state index in [2.05, 4.69) is 17.2 Å². The molecule has 0 aliphatic rings. The molecule has 5 heteroatoms. The van der Waals surface area contributed by atoms with E-state index in [0.717, 1.165) is 5.56 Å². The summed E-state index contributed by atoms with van der Waals surface area (Å²) in [6.45, 7) is 0.317. The normalized spacial score (nSPS) is 9.22. The number of hydrogen-bond donors (Lipinski definition) is 1. The first kappa shape index (κ1) is 16.4. The van der Waals surface area contributed by atoms with Crippen LogP contribution < -0.4 is 5.32 Å². The van der Waals surface area contributed by atoms with Crippen LogP contribution in [-0.2, 0) is 11.3 Å². The third-order valence-corrected chi connectivity index (χ3v) is 3.09. The maximum atomic E-state index is 11.5. The fourth-order valence-corrected chi connectivity index (χ4v) is 1.92. The second kappa shape index (κ2) is 8.48. The molecule has 0 unspecified atom stereocenters. The SMILES string of the molecule is N#Cc1ccc(Cl)cc1C#CCNC(=O)OCc1ccccc1. The first-order chi connectivity index (χ1) is 11.2. The predicted octanol–water partition coefficient (Wildman–Crippen LogP) is 3.49. The number of carbonyl (C=O) groups is 1. The molecule has 0 saturated carbocycles. The third-order valence-electron chi connectivity index (χ3n) is 2.86. The molecule has 23 heavy (non-hydrogen) atoms. The van der Waals surface area contributed by atoms with Crippen LogP contribution in [0.5, 0.6) is 0 Å². The van der Waals surface area contributed by atoms with Crippen LogP contribution in [0.2, 0.25) is 5.02 Å². The van der Waals surface area contributed by atoms with E-state index in [1.807, 2.05) is 36.4 Å². The van der Waals surface area contributed by atoms with Gasteiger partial charge in [0.2, 0.25) is 0 Å². The molecule has 0 spiro atoms. The lowest BCUT2D eigenvalue weighted by Gasteiger charge is -2.04. The van der Waals surface area contributed by atoms with E-state index >= 15 is 0 Å². The van der Waals surface area contributed by atoms with Gasteiger partial charge in [0, 0.05) is 10.6 Å². The van der Waals surface area contributed by atoms with Crippen molar-refractivity contribution in [2.75, 3.05) is 6.54 Å². The average Bonchev–Trinajstić information content (AvgIpc) is 2.58. The largest absolute Gasteiger partial charge is 0.445 e. The standard InChI is InChI=1S/C18H13ClN2O2/c19-17-9-8-16(12-20)15(11-17)7-4-10-21-18(22)23-13-14-5-2-1-3-6-14/h1-3,5-6,8-9,11H,10,13H2,(H,21,22). The van der Waals surface area contributed by atoms with Crippen LogP contribution in [0.15, 0.2) is 48.5 Å². The average molecular weight is 325 g/mol. The number of nitrogens with one attached hydrogen (secondary N) is 1. The summed E-state index contributed by atoms with van der Waals surface area (Å²) in [5, 5.41) is 12.0. The molecule has 0 heterocycles. The van der Waals surface area contributed by atoms with Gasteiger partial charge in [-0.15, -0.1) is 0 Å². The molecular weight excluding hydrogens is 312 g/mol. The van der Waals surface area contributed by atoms with Gasteiger partial charge in [-0.1, -0.05) is 53.8 Å². The molecule has 114 valence electrons. The number of ether oxygens (including phenoxy) is 1. The third kappa shape index (κ3) is 5.39. The Morgan fingerprint density at radius 2 is 1.96 bits per heavy atom. The van der Waals surface area contributed by atoms with Crippen LogP contribution >= 0.6 is 11.6 Å². The van der Waals surface area contributed by atoms with Gasteiger partial charge in [-0.2, -0.15) is 5.26 Å². The minimum atomic E-state index is -0.547. The molecule has 4 nitrogen and oxygen atoms in total. The summed E-state index contributed by atoms with van der Waals surface area (Å²) in [6.07, 6.45) is -0.547. The number of halogens is 1. The molecule has 0 aromatic heterocycles. The Labute approximate surface area is 139 Å². The van der Waals surface area contributed by atoms with Crippen LogP contribution in [0.25, 0.3) is 0 Å². The van der Waals surface area contributed by atoms with Gasteiger partial charge in [-0.25, -0.2) is 4.79 Å². The lowest BCUT2D eigenvalue weighted by atomic mass is 10.1. The Morgan fingerprint density at radius 1 is 1.17 bits per heavy atom. The number of amides is 1. The maximum absolute atomic E-state index is 11.5. The summed E-state index contributed by atoms with van der Waals surface area (Å²) in [5.74, 6) is 5.57. The number of alkyl carbamates (subject to hydrolysis) is 1. The van der Waals surface area contributed by atoms with Crippen molar-refractivity contribution in [3.8, 4) is 17.9 Å². The van der Waals surface area contributed by atoms with Gasteiger partial charge in [-0.3, -0.25) is 0 Å². The molecule has 0 radical (unpaired) electrons. The van der Waals surface area contributed by atoms with E-state index in [-0.39, 0.29) is 13.2 Å². The van der Waals surface area contributed by atoms with Crippen molar-refractivity contribution in [3.05, 3.63) is 70.2 Å². The molecule has 0 aliphatic carbocycles. The Morgan fingerprint density at radius 3 is 2.70 bits per heavy atom. The molecule has 2 aromatic carbocycles. The smallest absolute Gasteiger partial charge is 0.408 e. The highest BCUT2D eigenvalue weighted by Gasteiger charge is 2.01. The summed E-state index contributed by atoms with van der Waals surface area (Å²) in [7, 11) is 0. The quantitative estimate of drug-likeness (QED) is 0.879. The molecule has 1 N–H and O–H groups in total. The van der Waals surface area contributed by atoms with Gasteiger partial charge in [0.1, 0.15) is 12.7 Å². The number of hydrogen-bond acceptors (Lipinski definition) is 3. The number of nitrogens with zero attached hydrogens (tertiary/aromatic N) is 1. The van der Waals surface area contributed by atoms with Crippen molar-refractivity contribution in [1.29, 1.82) is 5.26 Å². The zero-order valence-corrected chi connectivity index (χ0v) is 12.9. The fraction of sp³-hybridized carbons (Fsp3) is 0.111. The van der Waals surface area contributed by atoms with Gasteiger partial charge in [0.25, 0.3) is 0 Å². The first-order valence-electron chi connectivity index (χ1n) is 6.82. The van der Waals surface area contributed by atoms with E-state index < -0.39 is 6.09 Å². The van der Waals surface area contributed by atoms with E-state index in [0.29, 0.717) is 16.1 Å². The van der Waals surface area contributed by atoms with Crippen LogP contribution in [-0.4, -0.2) is 12.6 Å². The lowest BCUT2D eigenvalue weighted by Crippen LogP contribution is -2.24. The lowest BCUT2D eigenvalue weighted by molar-refractivity contribution is 0.141. The minimum Gasteiger partial charge on any atom is -0.445 e. The number of benzene rings is 2. The Balaban J connectivity index is 1.83. The number of rotatable bonds is 3. The number of nitriles is 1. The van der Waals surface area contributed by atoms with Crippen LogP contribution in [0.3, 0.4) is 0 Å². The summed E-state index contributed by atoms with van der Waals surface area (Å²) < 4.78 is 5.05. The molecule has 0 bridgehead atoms. The first-order valence-corrected chi connectivity index (χ1v) is 7.20. The molecule has 0 atom stereocenters. The summed E-state index contributed by atoms with van der Waals surface area (Å²) in [4.78, 5) is 11.5. The van der Waals surface area contributed by atoms with Gasteiger partial charge >= 0.3 is 6.09 Å². The van der Waals surface area contributed by atoms with Crippen LogP contribution in [0.4, 0.5) is 4.79 Å². The summed E-state index contributed by atoms with van der Waals surface area (Å²) in [6, 6.07) is 16.3. The highest BCUT2D eigenvalue weighted by Crippen LogP contribution is 2.14. The minimum absolute atomic E-state index is 0.116. The summed E-state index contributed by atoms with van der Waals surface area (Å²) in [5.41, 5.74) is 1.87. The molecular formula is C18H13ClN2O2. The predicted molar refractivity (Wildman–Crippen MR) is 87.7 cm³/mol. The highest BCUT2D eigenvalue weighted by molar-refractivity contribution is 6.30. The van der Waals surface area contributed by atoms with Gasteiger partial charge in [0.15, 0.2) is 0 Å². The molecule has 2 aromatic rings. The van der Waals surface area contributed by atoms with Gasteiger partial charge in [-0.05, 0) is 23.8 Å². The molecule has 0 aliphatic heterocycles. The Kier molecular flexibility index (Phi) is 6.06. The van der Waals surface area contributed by atoms with E-state index in [4.69, 9.17) is 21.6 Å². The molecule has 0 fully saturated rings. The van der Waals surface area contributed by atoms with E-state index in [1.165, 1.54) is 0 Å².